The summed E-state index contributed by atoms with van der Waals surface area (Å²) in [6.07, 6.45) is 5.85. The van der Waals surface area contributed by atoms with E-state index in [4.69, 9.17) is 16.6 Å². The van der Waals surface area contributed by atoms with Gasteiger partial charge in [0.1, 0.15) is 0 Å². The number of pyridine rings is 1. The van der Waals surface area contributed by atoms with E-state index in [0.29, 0.717) is 5.41 Å². The monoisotopic (exact) mass is 299 g/mol. The van der Waals surface area contributed by atoms with Gasteiger partial charge in [-0.1, -0.05) is 56.6 Å². The van der Waals surface area contributed by atoms with Crippen LogP contribution in [0.3, 0.4) is 0 Å². The van der Waals surface area contributed by atoms with Gasteiger partial charge < -0.3 is 0 Å². The van der Waals surface area contributed by atoms with Crippen LogP contribution in [-0.2, 0) is 0 Å². The molecule has 1 aromatic heterocycles. The Morgan fingerprint density at radius 1 is 1.19 bits per heavy atom. The summed E-state index contributed by atoms with van der Waals surface area (Å²) in [7, 11) is 0. The second-order valence-electron chi connectivity index (χ2n) is 7.07. The third-order valence-corrected chi connectivity index (χ3v) is 4.94. The first kappa shape index (κ1) is 14.6. The van der Waals surface area contributed by atoms with Gasteiger partial charge in [-0.25, -0.2) is 4.98 Å². The van der Waals surface area contributed by atoms with Crippen LogP contribution < -0.4 is 0 Å². The average molecular weight is 300 g/mol. The Bertz CT molecular complexity index is 694. The summed E-state index contributed by atoms with van der Waals surface area (Å²) in [6.45, 7) is 7.00. The summed E-state index contributed by atoms with van der Waals surface area (Å²) < 4.78 is 0. The number of benzene rings is 1. The fourth-order valence-corrected chi connectivity index (χ4v) is 3.41. The lowest BCUT2D eigenvalue weighted by atomic mass is 9.73. The fourth-order valence-electron chi connectivity index (χ4n) is 3.15. The van der Waals surface area contributed by atoms with E-state index in [0.717, 1.165) is 40.4 Å². The molecule has 0 spiro atoms. The number of nitrogens with zero attached hydrogens (tertiary/aromatic N) is 1. The van der Waals surface area contributed by atoms with Gasteiger partial charge in [0.25, 0.3) is 0 Å². The van der Waals surface area contributed by atoms with Crippen LogP contribution in [0.25, 0.3) is 16.5 Å². The number of rotatable bonds is 1. The first-order valence-corrected chi connectivity index (χ1v) is 8.07. The molecule has 110 valence electrons. The van der Waals surface area contributed by atoms with Crippen molar-refractivity contribution in [2.45, 2.75) is 40.0 Å². The minimum atomic E-state index is 0.385. The average Bonchev–Trinajstić information content (AvgIpc) is 2.46. The van der Waals surface area contributed by atoms with E-state index < -0.39 is 0 Å². The molecule has 0 radical (unpaired) electrons. The van der Waals surface area contributed by atoms with Crippen LogP contribution in [0.2, 0.25) is 5.02 Å². The quantitative estimate of drug-likeness (QED) is 0.618. The molecule has 2 heteroatoms. The number of halogens is 1. The van der Waals surface area contributed by atoms with Crippen LogP contribution in [0.4, 0.5) is 0 Å². The van der Waals surface area contributed by atoms with Crippen molar-refractivity contribution in [3.63, 3.8) is 0 Å². The number of hydrogen-bond acceptors (Lipinski definition) is 1. The molecule has 2 aromatic rings. The molecule has 0 fully saturated rings. The van der Waals surface area contributed by atoms with Gasteiger partial charge in [0.15, 0.2) is 0 Å². The van der Waals surface area contributed by atoms with Crippen molar-refractivity contribution in [1.82, 2.24) is 4.98 Å². The molecule has 1 aliphatic carbocycles. The van der Waals surface area contributed by atoms with Crippen LogP contribution in [0.15, 0.2) is 36.4 Å². The van der Waals surface area contributed by atoms with Crippen molar-refractivity contribution in [3.8, 4) is 0 Å². The number of para-hydroxylation sites is 1. The van der Waals surface area contributed by atoms with E-state index in [1.807, 2.05) is 30.3 Å². The topological polar surface area (TPSA) is 12.9 Å². The van der Waals surface area contributed by atoms with E-state index in [-0.39, 0.29) is 0 Å². The second kappa shape index (κ2) is 5.46. The smallest absolute Gasteiger partial charge is 0.0724 e. The Kier molecular flexibility index (Phi) is 3.79. The minimum Gasteiger partial charge on any atom is -0.248 e. The molecular weight excluding hydrogens is 278 g/mol. The lowest BCUT2D eigenvalue weighted by Crippen LogP contribution is -2.22. The van der Waals surface area contributed by atoms with E-state index in [1.165, 1.54) is 12.0 Å². The Hall–Kier alpha value is -1.34. The largest absolute Gasteiger partial charge is 0.248 e. The molecular formula is C19H22ClN. The zero-order chi connectivity index (χ0) is 15.0. The third-order valence-electron chi connectivity index (χ3n) is 4.63. The lowest BCUT2D eigenvalue weighted by Gasteiger charge is -2.33. The van der Waals surface area contributed by atoms with Crippen molar-refractivity contribution in [2.75, 3.05) is 0 Å². The molecule has 0 saturated carbocycles. The summed E-state index contributed by atoms with van der Waals surface area (Å²) in [4.78, 5) is 4.79. The molecule has 1 aliphatic rings. The Morgan fingerprint density at radius 2 is 1.95 bits per heavy atom. The number of fused-ring (bicyclic) bond motifs is 1. The number of allylic oxidation sites excluding steroid dienone is 2. The standard InChI is InChI=1S/C19H22ClN/c1-19(2,3)14-10-8-13(9-11-14)18-12-16(20)15-6-4-5-7-17(15)21-18/h4-8,12,14H,9-11H2,1-3H3. The highest BCUT2D eigenvalue weighted by Crippen LogP contribution is 2.40. The van der Waals surface area contributed by atoms with Gasteiger partial charge in [0, 0.05) is 5.39 Å². The van der Waals surface area contributed by atoms with Gasteiger partial charge in [0.05, 0.1) is 16.2 Å². The zero-order valence-electron chi connectivity index (χ0n) is 13.0. The molecule has 1 aromatic carbocycles. The summed E-state index contributed by atoms with van der Waals surface area (Å²) in [5, 5.41) is 1.83. The maximum Gasteiger partial charge on any atom is 0.0724 e. The molecule has 0 bridgehead atoms. The maximum atomic E-state index is 6.42. The Balaban J connectivity index is 1.93. The minimum absolute atomic E-state index is 0.385. The van der Waals surface area contributed by atoms with Crippen molar-refractivity contribution in [2.24, 2.45) is 11.3 Å². The van der Waals surface area contributed by atoms with Crippen molar-refractivity contribution < 1.29 is 0 Å². The first-order chi connectivity index (χ1) is 9.95. The van der Waals surface area contributed by atoms with Gasteiger partial charge in [-0.2, -0.15) is 0 Å². The lowest BCUT2D eigenvalue weighted by molar-refractivity contribution is 0.225. The van der Waals surface area contributed by atoms with Gasteiger partial charge in [0.2, 0.25) is 0 Å². The highest BCUT2D eigenvalue weighted by Gasteiger charge is 2.26. The van der Waals surface area contributed by atoms with Gasteiger partial charge in [-0.15, -0.1) is 0 Å². The van der Waals surface area contributed by atoms with E-state index >= 15 is 0 Å². The molecule has 1 nitrogen and oxygen atoms in total. The Labute approximate surface area is 132 Å². The molecule has 0 amide bonds. The summed E-state index contributed by atoms with van der Waals surface area (Å²) in [5.74, 6) is 0.761. The molecule has 1 heterocycles. The summed E-state index contributed by atoms with van der Waals surface area (Å²) in [6, 6.07) is 10.1. The van der Waals surface area contributed by atoms with Crippen molar-refractivity contribution >= 4 is 28.1 Å². The highest BCUT2D eigenvalue weighted by atomic mass is 35.5. The van der Waals surface area contributed by atoms with E-state index in [1.54, 1.807) is 0 Å². The van der Waals surface area contributed by atoms with Crippen LogP contribution in [0.5, 0.6) is 0 Å². The predicted molar refractivity (Wildman–Crippen MR) is 91.5 cm³/mol. The Morgan fingerprint density at radius 3 is 2.62 bits per heavy atom. The number of aromatic nitrogens is 1. The predicted octanol–water partition coefficient (Wildman–Crippen LogP) is 6.12. The van der Waals surface area contributed by atoms with Gasteiger partial charge >= 0.3 is 0 Å². The third kappa shape index (κ3) is 2.98. The van der Waals surface area contributed by atoms with E-state index in [2.05, 4.69) is 26.8 Å². The highest BCUT2D eigenvalue weighted by molar-refractivity contribution is 6.35. The molecule has 0 aliphatic heterocycles. The molecule has 3 rings (SSSR count). The van der Waals surface area contributed by atoms with Crippen LogP contribution in [-0.4, -0.2) is 4.98 Å². The first-order valence-electron chi connectivity index (χ1n) is 7.70. The fraction of sp³-hybridized carbons (Fsp3) is 0.421. The van der Waals surface area contributed by atoms with Crippen LogP contribution >= 0.6 is 11.6 Å². The SMILES string of the molecule is CC(C)(C)C1CC=C(c2cc(Cl)c3ccccc3n2)CC1. The molecule has 1 atom stereocenters. The molecule has 0 N–H and O–H groups in total. The summed E-state index contributed by atoms with van der Waals surface area (Å²) >= 11 is 6.42. The van der Waals surface area contributed by atoms with Crippen molar-refractivity contribution in [3.05, 3.63) is 47.1 Å². The maximum absolute atomic E-state index is 6.42. The second-order valence-corrected chi connectivity index (χ2v) is 7.48. The van der Waals surface area contributed by atoms with Crippen LogP contribution in [0, 0.1) is 11.3 Å². The van der Waals surface area contributed by atoms with Gasteiger partial charge in [-0.05, 0) is 48.3 Å². The van der Waals surface area contributed by atoms with Gasteiger partial charge in [-0.3, -0.25) is 0 Å². The van der Waals surface area contributed by atoms with Crippen LogP contribution in [0.1, 0.15) is 45.7 Å². The van der Waals surface area contributed by atoms with E-state index in [9.17, 15) is 0 Å². The molecule has 21 heavy (non-hydrogen) atoms. The zero-order valence-corrected chi connectivity index (χ0v) is 13.7. The van der Waals surface area contributed by atoms with Crippen molar-refractivity contribution in [1.29, 1.82) is 0 Å². The summed E-state index contributed by atoms with van der Waals surface area (Å²) in [5.41, 5.74) is 3.77. The molecule has 0 saturated heterocycles. The molecule has 1 unspecified atom stereocenters. The normalized spacial score (nSPS) is 19.6. The number of hydrogen-bond donors (Lipinski definition) is 0.